The highest BCUT2D eigenvalue weighted by Crippen LogP contribution is 2.53. The Bertz CT molecular complexity index is 829. The summed E-state index contributed by atoms with van der Waals surface area (Å²) in [4.78, 5) is 12.8. The van der Waals surface area contributed by atoms with Gasteiger partial charge in [-0.3, -0.25) is 4.79 Å². The van der Waals surface area contributed by atoms with Gasteiger partial charge in [0.1, 0.15) is 0 Å². The van der Waals surface area contributed by atoms with Crippen molar-refractivity contribution in [1.82, 2.24) is 5.32 Å². The minimum atomic E-state index is -0.729. The van der Waals surface area contributed by atoms with E-state index in [-0.39, 0.29) is 5.91 Å². The second kappa shape index (κ2) is 7.16. The Labute approximate surface area is 163 Å². The van der Waals surface area contributed by atoms with Gasteiger partial charge in [0.2, 0.25) is 5.91 Å². The Morgan fingerprint density at radius 3 is 2.62 bits per heavy atom. The lowest BCUT2D eigenvalue weighted by Gasteiger charge is -2.29. The van der Waals surface area contributed by atoms with Crippen LogP contribution < -0.4 is 11.1 Å². The van der Waals surface area contributed by atoms with Crippen LogP contribution in [0.4, 0.5) is 0 Å². The quantitative estimate of drug-likeness (QED) is 0.685. The molecule has 0 radical (unpaired) electrons. The number of carbonyl (C=O) groups is 1. The molecular weight excluding hydrogens is 388 g/mol. The number of hydrogen-bond donors (Lipinski definition) is 2. The number of fused-ring (bicyclic) bond motifs is 3. The molecule has 26 heavy (non-hydrogen) atoms. The smallest absolute Gasteiger partial charge is 0.232 e. The zero-order valence-electron chi connectivity index (χ0n) is 14.9. The average Bonchev–Trinajstić information content (AvgIpc) is 3.24. The van der Waals surface area contributed by atoms with Gasteiger partial charge in [0, 0.05) is 16.1 Å². The molecule has 2 aliphatic carbocycles. The summed E-state index contributed by atoms with van der Waals surface area (Å²) >= 11 is 3.68. The van der Waals surface area contributed by atoms with Gasteiger partial charge in [0.25, 0.3) is 0 Å². The number of nitrogens with two attached hydrogens (primary N) is 1. The fourth-order valence-electron chi connectivity index (χ4n) is 4.82. The lowest BCUT2D eigenvalue weighted by Crippen LogP contribution is -2.41. The van der Waals surface area contributed by atoms with E-state index in [9.17, 15) is 4.79 Å². The third-order valence-electron chi connectivity index (χ3n) is 6.07. The van der Waals surface area contributed by atoms with E-state index in [1.165, 1.54) is 25.7 Å². The second-order valence-electron chi connectivity index (χ2n) is 7.52. The molecule has 1 amide bonds. The van der Waals surface area contributed by atoms with E-state index < -0.39 is 5.41 Å². The normalized spacial score (nSPS) is 21.6. The van der Waals surface area contributed by atoms with Gasteiger partial charge in [-0.2, -0.15) is 0 Å². The molecule has 0 bridgehead atoms. The molecule has 136 valence electrons. The molecule has 0 aromatic heterocycles. The van der Waals surface area contributed by atoms with Crippen molar-refractivity contribution in [2.24, 2.45) is 5.73 Å². The van der Waals surface area contributed by atoms with Crippen molar-refractivity contribution in [2.45, 2.75) is 50.0 Å². The fourth-order valence-corrected chi connectivity index (χ4v) is 5.40. The van der Waals surface area contributed by atoms with Crippen molar-refractivity contribution in [1.29, 1.82) is 0 Å². The number of primary amides is 1. The molecule has 2 aliphatic rings. The van der Waals surface area contributed by atoms with E-state index in [0.717, 1.165) is 46.1 Å². The maximum absolute atomic E-state index is 12.8. The highest BCUT2D eigenvalue weighted by molar-refractivity contribution is 9.10. The van der Waals surface area contributed by atoms with Gasteiger partial charge in [-0.1, -0.05) is 65.2 Å². The van der Waals surface area contributed by atoms with Crippen molar-refractivity contribution >= 4 is 21.8 Å². The molecule has 1 unspecified atom stereocenters. The number of halogens is 1. The number of benzene rings is 2. The Morgan fingerprint density at radius 2 is 1.85 bits per heavy atom. The van der Waals surface area contributed by atoms with Gasteiger partial charge >= 0.3 is 0 Å². The van der Waals surface area contributed by atoms with E-state index in [0.29, 0.717) is 6.04 Å². The number of nitrogens with one attached hydrogen (secondary N) is 1. The van der Waals surface area contributed by atoms with Crippen molar-refractivity contribution in [3.63, 3.8) is 0 Å². The first-order chi connectivity index (χ1) is 12.6. The van der Waals surface area contributed by atoms with Gasteiger partial charge in [-0.25, -0.2) is 0 Å². The molecule has 0 aliphatic heterocycles. The van der Waals surface area contributed by atoms with Gasteiger partial charge in [-0.05, 0) is 55.0 Å². The van der Waals surface area contributed by atoms with Gasteiger partial charge in [-0.15, -0.1) is 0 Å². The SMILES string of the molecule is NC(=O)C1(CCCNC2CCCC2)c2ccccc2-c2c(Br)cccc21. The molecule has 4 heteroatoms. The van der Waals surface area contributed by atoms with Crippen LogP contribution in [-0.4, -0.2) is 18.5 Å². The summed E-state index contributed by atoms with van der Waals surface area (Å²) in [6.07, 6.45) is 6.89. The summed E-state index contributed by atoms with van der Waals surface area (Å²) in [6, 6.07) is 15.0. The number of rotatable bonds is 6. The fraction of sp³-hybridized carbons (Fsp3) is 0.409. The van der Waals surface area contributed by atoms with Crippen LogP contribution in [0.25, 0.3) is 11.1 Å². The topological polar surface area (TPSA) is 55.1 Å². The first kappa shape index (κ1) is 17.7. The molecule has 1 saturated carbocycles. The summed E-state index contributed by atoms with van der Waals surface area (Å²) in [5.41, 5.74) is 9.65. The highest BCUT2D eigenvalue weighted by Gasteiger charge is 2.47. The summed E-state index contributed by atoms with van der Waals surface area (Å²) in [6.45, 7) is 0.936. The van der Waals surface area contributed by atoms with E-state index >= 15 is 0 Å². The zero-order valence-corrected chi connectivity index (χ0v) is 16.5. The van der Waals surface area contributed by atoms with E-state index in [4.69, 9.17) is 5.73 Å². The Morgan fingerprint density at radius 1 is 1.12 bits per heavy atom. The van der Waals surface area contributed by atoms with Crippen LogP contribution in [-0.2, 0) is 10.2 Å². The maximum atomic E-state index is 12.8. The van der Waals surface area contributed by atoms with Crippen LogP contribution in [0.3, 0.4) is 0 Å². The minimum absolute atomic E-state index is 0.248. The monoisotopic (exact) mass is 412 g/mol. The van der Waals surface area contributed by atoms with Crippen LogP contribution in [0.5, 0.6) is 0 Å². The standard InChI is InChI=1S/C22H25BrN2O/c23-19-12-5-11-18-20(19)16-9-3-4-10-17(16)22(18,21(24)26)13-6-14-25-15-7-1-2-8-15/h3-5,9-12,15,25H,1-2,6-8,13-14H2,(H2,24,26). The average molecular weight is 413 g/mol. The van der Waals surface area contributed by atoms with Crippen LogP contribution in [0.15, 0.2) is 46.9 Å². The van der Waals surface area contributed by atoms with Crippen molar-refractivity contribution in [3.8, 4) is 11.1 Å². The number of amides is 1. The first-order valence-corrected chi connectivity index (χ1v) is 10.4. The molecule has 1 atom stereocenters. The molecule has 4 rings (SSSR count). The molecule has 0 heterocycles. The highest BCUT2D eigenvalue weighted by atomic mass is 79.9. The Kier molecular flexibility index (Phi) is 4.89. The predicted molar refractivity (Wildman–Crippen MR) is 109 cm³/mol. The van der Waals surface area contributed by atoms with Crippen LogP contribution in [0.2, 0.25) is 0 Å². The molecule has 2 aromatic rings. The summed E-state index contributed by atoms with van der Waals surface area (Å²) in [5, 5.41) is 3.66. The Balaban J connectivity index is 1.66. The third kappa shape index (κ3) is 2.80. The molecule has 0 saturated heterocycles. The molecule has 0 spiro atoms. The predicted octanol–water partition coefficient (Wildman–Crippen LogP) is 4.51. The van der Waals surface area contributed by atoms with E-state index in [1.54, 1.807) is 0 Å². The lowest BCUT2D eigenvalue weighted by atomic mass is 9.74. The van der Waals surface area contributed by atoms with Gasteiger partial charge in [0.15, 0.2) is 0 Å². The molecular formula is C22H25BrN2O. The molecule has 3 N–H and O–H groups in total. The lowest BCUT2D eigenvalue weighted by molar-refractivity contribution is -0.122. The minimum Gasteiger partial charge on any atom is -0.369 e. The van der Waals surface area contributed by atoms with Crippen LogP contribution >= 0.6 is 15.9 Å². The van der Waals surface area contributed by atoms with E-state index in [1.807, 2.05) is 24.3 Å². The Hall–Kier alpha value is -1.65. The first-order valence-electron chi connectivity index (χ1n) is 9.57. The van der Waals surface area contributed by atoms with E-state index in [2.05, 4.69) is 39.4 Å². The third-order valence-corrected chi connectivity index (χ3v) is 6.73. The largest absolute Gasteiger partial charge is 0.369 e. The number of carbonyl (C=O) groups excluding carboxylic acids is 1. The summed E-state index contributed by atoms with van der Waals surface area (Å²) in [5.74, 6) is -0.248. The van der Waals surface area contributed by atoms with Crippen LogP contribution in [0.1, 0.15) is 49.7 Å². The van der Waals surface area contributed by atoms with Crippen molar-refractivity contribution in [2.75, 3.05) is 6.54 Å². The molecule has 1 fully saturated rings. The van der Waals surface area contributed by atoms with Crippen molar-refractivity contribution in [3.05, 3.63) is 58.1 Å². The molecule has 2 aromatic carbocycles. The zero-order chi connectivity index (χ0) is 18.1. The second-order valence-corrected chi connectivity index (χ2v) is 8.37. The van der Waals surface area contributed by atoms with Gasteiger partial charge in [0.05, 0.1) is 5.41 Å². The van der Waals surface area contributed by atoms with Crippen molar-refractivity contribution < 1.29 is 4.79 Å². The van der Waals surface area contributed by atoms with Crippen LogP contribution in [0, 0.1) is 0 Å². The van der Waals surface area contributed by atoms with Gasteiger partial charge < -0.3 is 11.1 Å². The maximum Gasteiger partial charge on any atom is 0.232 e. The summed E-state index contributed by atoms with van der Waals surface area (Å²) < 4.78 is 1.02. The molecule has 3 nitrogen and oxygen atoms in total. The summed E-state index contributed by atoms with van der Waals surface area (Å²) in [7, 11) is 0. The number of hydrogen-bond acceptors (Lipinski definition) is 2.